The molecule has 2 atom stereocenters. The monoisotopic (exact) mass is 842 g/mol. The van der Waals surface area contributed by atoms with E-state index in [1.807, 2.05) is 0 Å². The molecular formula is C48H92NO8P. The molecule has 0 bridgehead atoms. The third-order valence-corrected chi connectivity index (χ3v) is 11.6. The Labute approximate surface area is 357 Å². The van der Waals surface area contributed by atoms with Gasteiger partial charge in [-0.3, -0.25) is 18.6 Å². The van der Waals surface area contributed by atoms with E-state index in [2.05, 4.69) is 43.5 Å². The van der Waals surface area contributed by atoms with Crippen LogP contribution in [0.5, 0.6) is 0 Å². The van der Waals surface area contributed by atoms with E-state index < -0.39 is 26.5 Å². The van der Waals surface area contributed by atoms with E-state index in [1.54, 1.807) is 0 Å². The first kappa shape index (κ1) is 56.5. The summed E-state index contributed by atoms with van der Waals surface area (Å²) in [6.07, 6.45) is 49.7. The van der Waals surface area contributed by atoms with Crippen LogP contribution in [0.25, 0.3) is 0 Å². The lowest BCUT2D eigenvalue weighted by Crippen LogP contribution is -2.27. The van der Waals surface area contributed by atoms with Gasteiger partial charge in [0.05, 0.1) is 13.2 Å². The zero-order valence-corrected chi connectivity index (χ0v) is 38.6. The minimum atomic E-state index is -4.42. The molecule has 58 heavy (non-hydrogen) atoms. The van der Waals surface area contributed by atoms with E-state index in [0.29, 0.717) is 6.42 Å². The van der Waals surface area contributed by atoms with E-state index in [0.717, 1.165) is 57.8 Å². The SMILES string of the molecule is CCCCCCC/C=C\CCCCCCCC(=O)OCC(O)COP(=O)(O)OCCNC(=O)CCCCCCCCCCCCCCC/C=C/CCCCCCCC. The number of phosphoric acid groups is 1. The standard InChI is InChI=1S/C48H92NO8P/c1-3-5-7-9-11-13-15-17-19-20-21-22-23-24-25-26-27-28-30-32-34-36-38-40-47(51)49-42-43-56-58(53,54)57-45-46(50)44-55-48(52)41-39-37-35-33-31-29-18-16-14-12-10-8-6-4-2/h16-19,46,50H,3-15,20-45H2,1-2H3,(H,49,51)(H,53,54)/b18-16-,19-17+. The number of aliphatic hydroxyl groups excluding tert-OH is 1. The second-order valence-corrected chi connectivity index (χ2v) is 17.9. The van der Waals surface area contributed by atoms with Gasteiger partial charge in [-0.1, -0.05) is 186 Å². The fraction of sp³-hybridized carbons (Fsp3) is 0.875. The van der Waals surface area contributed by atoms with E-state index in [1.165, 1.54) is 154 Å². The molecule has 0 aliphatic carbocycles. The van der Waals surface area contributed by atoms with Gasteiger partial charge in [-0.15, -0.1) is 0 Å². The highest BCUT2D eigenvalue weighted by atomic mass is 31.2. The van der Waals surface area contributed by atoms with Crippen LogP contribution in [0.1, 0.15) is 239 Å². The lowest BCUT2D eigenvalue weighted by atomic mass is 10.0. The first-order valence-electron chi connectivity index (χ1n) is 24.3. The summed E-state index contributed by atoms with van der Waals surface area (Å²) in [5, 5.41) is 12.7. The van der Waals surface area contributed by atoms with Crippen molar-refractivity contribution in [3.8, 4) is 0 Å². The van der Waals surface area contributed by atoms with Crippen molar-refractivity contribution in [1.82, 2.24) is 5.32 Å². The van der Waals surface area contributed by atoms with E-state index in [-0.39, 0.29) is 32.1 Å². The van der Waals surface area contributed by atoms with Crippen molar-refractivity contribution in [2.75, 3.05) is 26.4 Å². The van der Waals surface area contributed by atoms with Gasteiger partial charge in [-0.05, 0) is 64.2 Å². The van der Waals surface area contributed by atoms with Crippen molar-refractivity contribution in [3.63, 3.8) is 0 Å². The summed E-state index contributed by atoms with van der Waals surface area (Å²) in [6.45, 7) is 3.56. The smallest absolute Gasteiger partial charge is 0.463 e. The average Bonchev–Trinajstić information content (AvgIpc) is 3.21. The first-order chi connectivity index (χ1) is 28.3. The summed E-state index contributed by atoms with van der Waals surface area (Å²) in [5.74, 6) is -0.518. The summed E-state index contributed by atoms with van der Waals surface area (Å²) in [7, 11) is -4.42. The van der Waals surface area contributed by atoms with Gasteiger partial charge in [0.15, 0.2) is 0 Å². The highest BCUT2D eigenvalue weighted by Crippen LogP contribution is 2.42. The van der Waals surface area contributed by atoms with Crippen LogP contribution in [0.2, 0.25) is 0 Å². The van der Waals surface area contributed by atoms with Crippen LogP contribution in [0.4, 0.5) is 0 Å². The number of hydrogen-bond acceptors (Lipinski definition) is 7. The van der Waals surface area contributed by atoms with Crippen molar-refractivity contribution < 1.29 is 37.9 Å². The number of phosphoric ester groups is 1. The molecule has 0 radical (unpaired) electrons. The predicted octanol–water partition coefficient (Wildman–Crippen LogP) is 13.9. The molecule has 2 unspecified atom stereocenters. The fourth-order valence-electron chi connectivity index (χ4n) is 6.90. The molecule has 0 fully saturated rings. The third kappa shape index (κ3) is 45.6. The van der Waals surface area contributed by atoms with Crippen LogP contribution in [0.3, 0.4) is 0 Å². The fourth-order valence-corrected chi connectivity index (χ4v) is 7.66. The maximum atomic E-state index is 12.1. The Hall–Kier alpha value is -1.51. The molecule has 0 aromatic carbocycles. The molecule has 10 heteroatoms. The van der Waals surface area contributed by atoms with Crippen LogP contribution < -0.4 is 5.32 Å². The molecule has 0 aromatic rings. The normalized spacial score (nSPS) is 13.4. The minimum Gasteiger partial charge on any atom is -0.463 e. The number of aliphatic hydroxyl groups is 1. The number of nitrogens with one attached hydrogen (secondary N) is 1. The van der Waals surface area contributed by atoms with Crippen LogP contribution in [-0.4, -0.2) is 54.3 Å². The first-order valence-corrected chi connectivity index (χ1v) is 25.8. The maximum absolute atomic E-state index is 12.1. The molecule has 0 aliphatic heterocycles. The molecule has 0 aliphatic rings. The van der Waals surface area contributed by atoms with Crippen molar-refractivity contribution in [2.24, 2.45) is 0 Å². The molecule has 3 N–H and O–H groups in total. The summed E-state index contributed by atoms with van der Waals surface area (Å²) >= 11 is 0. The molecule has 0 heterocycles. The summed E-state index contributed by atoms with van der Waals surface area (Å²) in [5.41, 5.74) is 0. The Morgan fingerprint density at radius 2 is 0.879 bits per heavy atom. The predicted molar refractivity (Wildman–Crippen MR) is 243 cm³/mol. The van der Waals surface area contributed by atoms with Crippen LogP contribution in [-0.2, 0) is 27.9 Å². The van der Waals surface area contributed by atoms with Gasteiger partial charge in [0.25, 0.3) is 0 Å². The molecule has 342 valence electrons. The summed E-state index contributed by atoms with van der Waals surface area (Å²) in [4.78, 5) is 34.0. The Balaban J connectivity index is 3.53. The number of amides is 1. The zero-order chi connectivity index (χ0) is 42.5. The largest absolute Gasteiger partial charge is 0.472 e. The number of ether oxygens (including phenoxy) is 1. The summed E-state index contributed by atoms with van der Waals surface area (Å²) < 4.78 is 26.9. The lowest BCUT2D eigenvalue weighted by molar-refractivity contribution is -0.147. The second kappa shape index (κ2) is 45.0. The number of unbranched alkanes of at least 4 members (excludes halogenated alkanes) is 29. The summed E-state index contributed by atoms with van der Waals surface area (Å²) in [6, 6.07) is 0. The molecule has 0 saturated heterocycles. The van der Waals surface area contributed by atoms with Crippen LogP contribution in [0, 0.1) is 0 Å². The second-order valence-electron chi connectivity index (χ2n) is 16.4. The van der Waals surface area contributed by atoms with Crippen LogP contribution >= 0.6 is 7.82 Å². The van der Waals surface area contributed by atoms with Crippen molar-refractivity contribution >= 4 is 19.7 Å². The zero-order valence-electron chi connectivity index (χ0n) is 37.8. The van der Waals surface area contributed by atoms with Gasteiger partial charge in [0.2, 0.25) is 5.91 Å². The average molecular weight is 842 g/mol. The number of esters is 1. The van der Waals surface area contributed by atoms with E-state index in [9.17, 15) is 24.2 Å². The third-order valence-electron chi connectivity index (χ3n) is 10.6. The number of hydrogen-bond donors (Lipinski definition) is 3. The minimum absolute atomic E-state index is 0.0832. The van der Waals surface area contributed by atoms with Gasteiger partial charge >= 0.3 is 13.8 Å². The van der Waals surface area contributed by atoms with E-state index >= 15 is 0 Å². The van der Waals surface area contributed by atoms with Gasteiger partial charge in [0, 0.05) is 19.4 Å². The van der Waals surface area contributed by atoms with Crippen molar-refractivity contribution in [1.29, 1.82) is 0 Å². The highest BCUT2D eigenvalue weighted by molar-refractivity contribution is 7.47. The maximum Gasteiger partial charge on any atom is 0.472 e. The lowest BCUT2D eigenvalue weighted by Gasteiger charge is -2.15. The van der Waals surface area contributed by atoms with Gasteiger partial charge in [-0.2, -0.15) is 0 Å². The van der Waals surface area contributed by atoms with Crippen LogP contribution in [0.15, 0.2) is 24.3 Å². The van der Waals surface area contributed by atoms with Gasteiger partial charge in [-0.25, -0.2) is 4.57 Å². The van der Waals surface area contributed by atoms with Gasteiger partial charge < -0.3 is 20.1 Å². The molecular weight excluding hydrogens is 750 g/mol. The van der Waals surface area contributed by atoms with Crippen molar-refractivity contribution in [2.45, 2.75) is 245 Å². The topological polar surface area (TPSA) is 131 Å². The number of carbonyl (C=O) groups is 2. The molecule has 0 aromatic heterocycles. The quantitative estimate of drug-likeness (QED) is 0.0239. The Bertz CT molecular complexity index is 1010. The Morgan fingerprint density at radius 1 is 0.517 bits per heavy atom. The highest BCUT2D eigenvalue weighted by Gasteiger charge is 2.23. The Kier molecular flexibility index (Phi) is 43.9. The molecule has 0 saturated carbocycles. The number of carbonyl (C=O) groups excluding carboxylic acids is 2. The molecule has 0 spiro atoms. The molecule has 9 nitrogen and oxygen atoms in total. The number of allylic oxidation sites excluding steroid dienone is 4. The Morgan fingerprint density at radius 3 is 1.29 bits per heavy atom. The number of rotatable bonds is 46. The molecule has 0 rings (SSSR count). The van der Waals surface area contributed by atoms with E-state index in [4.69, 9.17) is 13.8 Å². The van der Waals surface area contributed by atoms with Gasteiger partial charge in [0.1, 0.15) is 12.7 Å². The molecule has 1 amide bonds. The van der Waals surface area contributed by atoms with Crippen molar-refractivity contribution in [3.05, 3.63) is 24.3 Å².